The van der Waals surface area contributed by atoms with Crippen LogP contribution >= 0.6 is 0 Å². The van der Waals surface area contributed by atoms with E-state index in [4.69, 9.17) is 4.74 Å². The first kappa shape index (κ1) is 20.9. The highest BCUT2D eigenvalue weighted by atomic mass is 19.1. The maximum Gasteiger partial charge on any atom is 0.270 e. The highest BCUT2D eigenvalue weighted by Gasteiger charge is 2.33. The molecule has 3 N–H and O–H groups in total. The van der Waals surface area contributed by atoms with Gasteiger partial charge in [0.25, 0.3) is 5.91 Å². The van der Waals surface area contributed by atoms with Gasteiger partial charge in [0.2, 0.25) is 5.91 Å². The van der Waals surface area contributed by atoms with Crippen LogP contribution in [0.4, 0.5) is 4.39 Å². The average molecular weight is 401 g/mol. The Balaban J connectivity index is 1.47. The Bertz CT molecular complexity index is 834. The first-order chi connectivity index (χ1) is 14.0. The largest absolute Gasteiger partial charge is 0.394 e. The highest BCUT2D eigenvalue weighted by Crippen LogP contribution is 2.22. The van der Waals surface area contributed by atoms with Gasteiger partial charge < -0.3 is 20.5 Å². The van der Waals surface area contributed by atoms with Crippen LogP contribution in [0.3, 0.4) is 0 Å². The average Bonchev–Trinajstić information content (AvgIpc) is 2.74. The number of carbonyl (C=O) groups excluding carboxylic acids is 2. The van der Waals surface area contributed by atoms with Crippen LogP contribution in [0.1, 0.15) is 35.3 Å². The zero-order chi connectivity index (χ0) is 20.6. The van der Waals surface area contributed by atoms with Gasteiger partial charge in [0.15, 0.2) is 0 Å². The zero-order valence-electron chi connectivity index (χ0n) is 15.9. The van der Waals surface area contributed by atoms with Crippen molar-refractivity contribution in [3.05, 3.63) is 65.7 Å². The van der Waals surface area contributed by atoms with Crippen molar-refractivity contribution in [3.63, 3.8) is 0 Å². The van der Waals surface area contributed by atoms with Crippen LogP contribution in [-0.4, -0.2) is 46.8 Å². The Hall–Kier alpha value is -2.84. The summed E-state index contributed by atoms with van der Waals surface area (Å²) in [5.74, 6) is -0.896. The second-order valence-electron chi connectivity index (χ2n) is 6.96. The zero-order valence-corrected chi connectivity index (χ0v) is 15.9. The molecule has 0 spiro atoms. The van der Waals surface area contributed by atoms with E-state index in [1.54, 1.807) is 30.3 Å². The third kappa shape index (κ3) is 6.07. The number of benzene rings is 1. The van der Waals surface area contributed by atoms with Crippen molar-refractivity contribution in [1.82, 2.24) is 15.6 Å². The summed E-state index contributed by atoms with van der Waals surface area (Å²) in [5, 5.41) is 15.2. The number of aromatic nitrogens is 1. The first-order valence-electron chi connectivity index (χ1n) is 9.54. The first-order valence-corrected chi connectivity index (χ1v) is 9.54. The predicted octanol–water partition coefficient (Wildman–Crippen LogP) is 1.57. The minimum atomic E-state index is -0.600. The second-order valence-corrected chi connectivity index (χ2v) is 6.96. The number of nitrogens with zero attached hydrogens (tertiary/aromatic N) is 1. The molecular formula is C21H24FN3O4. The number of hydrogen-bond donors (Lipinski definition) is 3. The van der Waals surface area contributed by atoms with Gasteiger partial charge in [0.05, 0.1) is 25.2 Å². The molecule has 2 amide bonds. The van der Waals surface area contributed by atoms with E-state index in [2.05, 4.69) is 15.6 Å². The Morgan fingerprint density at radius 3 is 2.79 bits per heavy atom. The molecule has 0 bridgehead atoms. The molecular weight excluding hydrogens is 377 g/mol. The summed E-state index contributed by atoms with van der Waals surface area (Å²) in [4.78, 5) is 28.5. The van der Waals surface area contributed by atoms with Crippen LogP contribution in [0.5, 0.6) is 0 Å². The number of nitrogens with one attached hydrogen (secondary N) is 2. The summed E-state index contributed by atoms with van der Waals surface area (Å²) < 4.78 is 19.0. The predicted molar refractivity (Wildman–Crippen MR) is 103 cm³/mol. The van der Waals surface area contributed by atoms with E-state index < -0.39 is 6.10 Å². The van der Waals surface area contributed by atoms with Gasteiger partial charge in [0.1, 0.15) is 17.6 Å². The van der Waals surface area contributed by atoms with E-state index >= 15 is 0 Å². The van der Waals surface area contributed by atoms with Crippen LogP contribution in [0.2, 0.25) is 0 Å². The van der Waals surface area contributed by atoms with Gasteiger partial charge >= 0.3 is 0 Å². The minimum absolute atomic E-state index is 0.132. The third-order valence-corrected chi connectivity index (χ3v) is 4.80. The monoisotopic (exact) mass is 401 g/mol. The molecule has 2 heterocycles. The Kier molecular flexibility index (Phi) is 7.26. The van der Waals surface area contributed by atoms with Crippen molar-refractivity contribution < 1.29 is 23.8 Å². The smallest absolute Gasteiger partial charge is 0.270 e. The molecule has 3 atom stereocenters. The van der Waals surface area contributed by atoms with E-state index in [1.807, 2.05) is 0 Å². The van der Waals surface area contributed by atoms with E-state index in [1.165, 1.54) is 18.3 Å². The van der Waals surface area contributed by atoms with Gasteiger partial charge in [0, 0.05) is 12.7 Å². The van der Waals surface area contributed by atoms with Gasteiger partial charge in [-0.1, -0.05) is 18.2 Å². The summed E-state index contributed by atoms with van der Waals surface area (Å²) in [6.07, 6.45) is 1.85. The quantitative estimate of drug-likeness (QED) is 0.654. The van der Waals surface area contributed by atoms with Crippen LogP contribution in [0, 0.1) is 5.82 Å². The fourth-order valence-corrected chi connectivity index (χ4v) is 3.31. The molecule has 2 aromatic rings. The molecule has 8 heteroatoms. The van der Waals surface area contributed by atoms with Gasteiger partial charge in [-0.15, -0.1) is 0 Å². The number of rotatable bonds is 7. The molecule has 0 saturated carbocycles. The minimum Gasteiger partial charge on any atom is -0.394 e. The maximum atomic E-state index is 13.2. The van der Waals surface area contributed by atoms with Crippen molar-refractivity contribution in [2.24, 2.45) is 0 Å². The molecule has 0 aliphatic carbocycles. The number of ether oxygens (including phenoxy) is 1. The molecule has 0 unspecified atom stereocenters. The summed E-state index contributed by atoms with van der Waals surface area (Å²) in [7, 11) is 0. The summed E-state index contributed by atoms with van der Waals surface area (Å²) >= 11 is 0. The van der Waals surface area contributed by atoms with E-state index in [9.17, 15) is 19.1 Å². The van der Waals surface area contributed by atoms with Crippen molar-refractivity contribution >= 4 is 11.8 Å². The molecule has 1 aliphatic heterocycles. The Morgan fingerprint density at radius 1 is 1.21 bits per heavy atom. The molecule has 29 heavy (non-hydrogen) atoms. The summed E-state index contributed by atoms with van der Waals surface area (Å²) in [6.45, 7) is -0.0376. The summed E-state index contributed by atoms with van der Waals surface area (Å²) in [6, 6.07) is 10.7. The number of pyridine rings is 1. The van der Waals surface area contributed by atoms with Crippen LogP contribution < -0.4 is 10.6 Å². The molecule has 7 nitrogen and oxygen atoms in total. The molecule has 1 aliphatic rings. The maximum absolute atomic E-state index is 13.2. The normalized spacial score (nSPS) is 21.4. The van der Waals surface area contributed by atoms with E-state index in [-0.39, 0.29) is 49.3 Å². The van der Waals surface area contributed by atoms with Gasteiger partial charge in [-0.2, -0.15) is 0 Å². The fraction of sp³-hybridized carbons (Fsp3) is 0.381. The highest BCUT2D eigenvalue weighted by molar-refractivity contribution is 5.92. The molecule has 154 valence electrons. The van der Waals surface area contributed by atoms with Crippen molar-refractivity contribution in [1.29, 1.82) is 0 Å². The lowest BCUT2D eigenvalue weighted by atomic mass is 9.96. The molecule has 3 rings (SSSR count). The SMILES string of the molecule is O=C(C[C@H]1CC[C@H](NC(=O)c2ccccn2)[C@@H](CO)O1)NCc1cccc(F)c1. The molecule has 0 radical (unpaired) electrons. The number of aliphatic hydroxyl groups is 1. The van der Waals surface area contributed by atoms with Crippen molar-refractivity contribution in [2.45, 2.75) is 44.1 Å². The van der Waals surface area contributed by atoms with E-state index in [0.29, 0.717) is 24.1 Å². The standard InChI is InChI=1S/C21H24FN3O4/c22-15-5-3-4-14(10-15)12-24-20(27)11-16-7-8-17(19(13-26)29-16)25-21(28)18-6-1-2-9-23-18/h1-6,9-10,16-17,19,26H,7-8,11-13H2,(H,24,27)(H,25,28)/t16-,17+,19-/m1/s1. The van der Waals surface area contributed by atoms with Crippen molar-refractivity contribution in [3.8, 4) is 0 Å². The van der Waals surface area contributed by atoms with Gasteiger partial charge in [-0.3, -0.25) is 14.6 Å². The van der Waals surface area contributed by atoms with Crippen molar-refractivity contribution in [2.75, 3.05) is 6.61 Å². The van der Waals surface area contributed by atoms with Gasteiger partial charge in [-0.05, 0) is 42.7 Å². The van der Waals surface area contributed by atoms with Crippen LogP contribution in [0.25, 0.3) is 0 Å². The third-order valence-electron chi connectivity index (χ3n) is 4.80. The fourth-order valence-electron chi connectivity index (χ4n) is 3.31. The lowest BCUT2D eigenvalue weighted by Gasteiger charge is -2.35. The number of hydrogen-bond acceptors (Lipinski definition) is 5. The van der Waals surface area contributed by atoms with E-state index in [0.717, 1.165) is 0 Å². The topological polar surface area (TPSA) is 101 Å². The molecule has 1 fully saturated rings. The molecule has 1 aromatic carbocycles. The van der Waals surface area contributed by atoms with Gasteiger partial charge in [-0.25, -0.2) is 4.39 Å². The number of aliphatic hydroxyl groups excluding tert-OH is 1. The number of halogens is 1. The van der Waals surface area contributed by atoms with Crippen LogP contribution in [0.15, 0.2) is 48.7 Å². The second kappa shape index (κ2) is 10.1. The Morgan fingerprint density at radius 2 is 2.07 bits per heavy atom. The molecule has 1 saturated heterocycles. The summed E-state index contributed by atoms with van der Waals surface area (Å²) in [5.41, 5.74) is 0.969. The Labute approximate surface area is 168 Å². The lowest BCUT2D eigenvalue weighted by molar-refractivity contribution is -0.131. The lowest BCUT2D eigenvalue weighted by Crippen LogP contribution is -2.51. The number of amides is 2. The molecule has 1 aromatic heterocycles. The van der Waals surface area contributed by atoms with Crippen LogP contribution in [-0.2, 0) is 16.1 Å². The number of carbonyl (C=O) groups is 2.